The highest BCUT2D eigenvalue weighted by atomic mass is 16.5. The summed E-state index contributed by atoms with van der Waals surface area (Å²) in [6, 6.07) is 14.4. The Balaban J connectivity index is 1.26. The van der Waals surface area contributed by atoms with Gasteiger partial charge in [0.1, 0.15) is 0 Å². The van der Waals surface area contributed by atoms with Crippen molar-refractivity contribution >= 4 is 16.9 Å². The van der Waals surface area contributed by atoms with E-state index in [-0.39, 0.29) is 11.4 Å². The number of esters is 1. The van der Waals surface area contributed by atoms with E-state index in [1.807, 2.05) is 49.4 Å². The van der Waals surface area contributed by atoms with Crippen molar-refractivity contribution in [3.63, 3.8) is 0 Å². The van der Waals surface area contributed by atoms with Crippen LogP contribution in [0.5, 0.6) is 0 Å². The lowest BCUT2D eigenvalue weighted by molar-refractivity contribution is -0.00148. The van der Waals surface area contributed by atoms with Crippen molar-refractivity contribution in [1.29, 1.82) is 0 Å². The maximum Gasteiger partial charge on any atom is 0.339 e. The molecule has 3 aliphatic rings. The van der Waals surface area contributed by atoms with E-state index >= 15 is 0 Å². The number of rotatable bonds is 5. The topological polar surface area (TPSA) is 92.8 Å². The molecule has 34 heavy (non-hydrogen) atoms. The molecule has 0 unspecified atom stereocenters. The minimum atomic E-state index is -0.314. The summed E-state index contributed by atoms with van der Waals surface area (Å²) in [7, 11) is 0. The van der Waals surface area contributed by atoms with Crippen LogP contribution in [0, 0.1) is 12.3 Å². The molecule has 3 fully saturated rings. The van der Waals surface area contributed by atoms with Gasteiger partial charge in [-0.25, -0.2) is 9.78 Å². The number of nitrogens with zero attached hydrogens (tertiary/aromatic N) is 3. The molecule has 0 spiro atoms. The molecule has 7 nitrogen and oxygen atoms in total. The van der Waals surface area contributed by atoms with Crippen molar-refractivity contribution in [1.82, 2.24) is 25.3 Å². The number of nitrogens with one attached hydrogen (secondary N) is 2. The van der Waals surface area contributed by atoms with E-state index in [0.717, 1.165) is 58.6 Å². The first-order chi connectivity index (χ1) is 16.6. The summed E-state index contributed by atoms with van der Waals surface area (Å²) in [5, 5.41) is 4.44. The molecule has 0 radical (unpaired) electrons. The number of aryl methyl sites for hydroxylation is 1. The number of fused-ring (bicyclic) bond motifs is 4. The van der Waals surface area contributed by atoms with Gasteiger partial charge in [-0.05, 0) is 62.9 Å². The fourth-order valence-electron chi connectivity index (χ4n) is 5.25. The maximum atomic E-state index is 12.9. The number of aromatic amines is 1. The van der Waals surface area contributed by atoms with Gasteiger partial charge >= 0.3 is 5.97 Å². The average molecular weight is 454 g/mol. The molecule has 0 atom stereocenters. The highest BCUT2D eigenvalue weighted by Crippen LogP contribution is 2.40. The fourth-order valence-corrected chi connectivity index (χ4v) is 5.25. The number of carbonyl (C=O) groups excluding carboxylic acids is 1. The molecule has 2 bridgehead atoms. The van der Waals surface area contributed by atoms with Crippen LogP contribution in [0.25, 0.3) is 33.5 Å². The normalized spacial score (nSPS) is 21.6. The third-order valence-corrected chi connectivity index (χ3v) is 7.30. The zero-order valence-corrected chi connectivity index (χ0v) is 19.2. The van der Waals surface area contributed by atoms with E-state index in [4.69, 9.17) is 4.74 Å². The number of hydrogen-bond acceptors (Lipinski definition) is 6. The number of hydrogen-bond donors (Lipinski definition) is 2. The van der Waals surface area contributed by atoms with Crippen LogP contribution in [-0.4, -0.2) is 45.1 Å². The lowest BCUT2D eigenvalue weighted by Crippen LogP contribution is -2.53. The first-order valence-electron chi connectivity index (χ1n) is 11.9. The van der Waals surface area contributed by atoms with Crippen molar-refractivity contribution in [3.05, 3.63) is 66.2 Å². The van der Waals surface area contributed by atoms with E-state index in [1.54, 1.807) is 12.5 Å². The standard InChI is InChI=1S/C27H27N5O2/c1-17-3-2-4-23(32-17)25-24(30-16-31-25)18-5-6-22-19(11-18)12-20(13-28-22)26(33)34-15-27-9-7-21(8-10-27)29-14-27/h2-6,11-13,16,21,29H,7-10,14-15H2,1H3,(H,30,31). The van der Waals surface area contributed by atoms with Crippen molar-refractivity contribution in [2.24, 2.45) is 5.41 Å². The number of imidazole rings is 1. The van der Waals surface area contributed by atoms with E-state index in [1.165, 1.54) is 12.8 Å². The average Bonchev–Trinajstić information content (AvgIpc) is 3.38. The number of pyridine rings is 2. The molecule has 1 aromatic carbocycles. The molecule has 1 saturated carbocycles. The van der Waals surface area contributed by atoms with Gasteiger partial charge in [0.25, 0.3) is 0 Å². The van der Waals surface area contributed by atoms with Crippen LogP contribution in [0.4, 0.5) is 0 Å². The Morgan fingerprint density at radius 2 is 2.03 bits per heavy atom. The van der Waals surface area contributed by atoms with Crippen LogP contribution in [0.2, 0.25) is 0 Å². The highest BCUT2D eigenvalue weighted by molar-refractivity contribution is 5.95. The monoisotopic (exact) mass is 453 g/mol. The smallest absolute Gasteiger partial charge is 0.339 e. The highest BCUT2D eigenvalue weighted by Gasteiger charge is 2.41. The number of carbonyl (C=O) groups is 1. The summed E-state index contributed by atoms with van der Waals surface area (Å²) in [5.74, 6) is -0.314. The quantitative estimate of drug-likeness (QED) is 0.426. The molecule has 2 saturated heterocycles. The third-order valence-electron chi connectivity index (χ3n) is 7.30. The Morgan fingerprint density at radius 1 is 1.15 bits per heavy atom. The fraction of sp³-hybridized carbons (Fsp3) is 0.333. The second kappa shape index (κ2) is 8.33. The predicted molar refractivity (Wildman–Crippen MR) is 130 cm³/mol. The van der Waals surface area contributed by atoms with Crippen LogP contribution in [0.3, 0.4) is 0 Å². The van der Waals surface area contributed by atoms with Crippen molar-refractivity contribution in [3.8, 4) is 22.6 Å². The molecule has 3 aromatic heterocycles. The molecule has 7 rings (SSSR count). The number of ether oxygens (including phenoxy) is 1. The van der Waals surface area contributed by atoms with E-state index in [0.29, 0.717) is 18.2 Å². The molecule has 4 aromatic rings. The molecule has 7 heteroatoms. The molecule has 2 N–H and O–H groups in total. The van der Waals surface area contributed by atoms with Crippen molar-refractivity contribution in [2.45, 2.75) is 38.6 Å². The van der Waals surface area contributed by atoms with Crippen LogP contribution in [0.15, 0.2) is 55.0 Å². The summed E-state index contributed by atoms with van der Waals surface area (Å²) < 4.78 is 5.78. The minimum Gasteiger partial charge on any atom is -0.461 e. The van der Waals surface area contributed by atoms with Crippen LogP contribution in [-0.2, 0) is 4.74 Å². The summed E-state index contributed by atoms with van der Waals surface area (Å²) in [6.07, 6.45) is 7.88. The van der Waals surface area contributed by atoms with Gasteiger partial charge in [0, 0.05) is 40.8 Å². The second-order valence-electron chi connectivity index (χ2n) is 9.65. The minimum absolute atomic E-state index is 0.0854. The van der Waals surface area contributed by atoms with Crippen LogP contribution >= 0.6 is 0 Å². The first-order valence-corrected chi connectivity index (χ1v) is 11.9. The lowest BCUT2D eigenvalue weighted by Gasteiger charge is -2.46. The Morgan fingerprint density at radius 3 is 2.82 bits per heavy atom. The van der Waals surface area contributed by atoms with Crippen LogP contribution < -0.4 is 5.32 Å². The molecule has 0 amide bonds. The zero-order chi connectivity index (χ0) is 23.1. The van der Waals surface area contributed by atoms with Crippen LogP contribution in [0.1, 0.15) is 41.7 Å². The van der Waals surface area contributed by atoms with Gasteiger partial charge < -0.3 is 15.0 Å². The SMILES string of the molecule is Cc1cccc(-c2[nH]cnc2-c2ccc3ncc(C(=O)OCC45CCC(CC4)NC5)cc3c2)n1. The summed E-state index contributed by atoms with van der Waals surface area (Å²) in [5.41, 5.74) is 5.77. The Labute approximate surface area is 198 Å². The summed E-state index contributed by atoms with van der Waals surface area (Å²) >= 11 is 0. The Bertz CT molecular complexity index is 1360. The molecule has 2 aliphatic heterocycles. The van der Waals surface area contributed by atoms with E-state index in [9.17, 15) is 4.79 Å². The van der Waals surface area contributed by atoms with Gasteiger partial charge in [-0.2, -0.15) is 0 Å². The maximum absolute atomic E-state index is 12.9. The Kier molecular flexibility index (Phi) is 5.14. The largest absolute Gasteiger partial charge is 0.461 e. The van der Waals surface area contributed by atoms with Gasteiger partial charge in [0.05, 0.1) is 41.1 Å². The first kappa shape index (κ1) is 21.0. The number of H-pyrrole nitrogens is 1. The predicted octanol–water partition coefficient (Wildman–Crippen LogP) is 4.68. The molecule has 1 aliphatic carbocycles. The Hall–Kier alpha value is -3.58. The van der Waals surface area contributed by atoms with Gasteiger partial charge in [0.15, 0.2) is 0 Å². The lowest BCUT2D eigenvalue weighted by atomic mass is 9.69. The van der Waals surface area contributed by atoms with Gasteiger partial charge in [0.2, 0.25) is 0 Å². The number of aromatic nitrogens is 4. The van der Waals surface area contributed by atoms with E-state index in [2.05, 4.69) is 25.3 Å². The second-order valence-corrected chi connectivity index (χ2v) is 9.65. The van der Waals surface area contributed by atoms with Crippen molar-refractivity contribution < 1.29 is 9.53 Å². The number of benzene rings is 1. The molecule has 172 valence electrons. The zero-order valence-electron chi connectivity index (χ0n) is 19.2. The van der Waals surface area contributed by atoms with Gasteiger partial charge in [-0.1, -0.05) is 12.1 Å². The molecular weight excluding hydrogens is 426 g/mol. The molecular formula is C27H27N5O2. The van der Waals surface area contributed by atoms with Gasteiger partial charge in [-0.15, -0.1) is 0 Å². The summed E-state index contributed by atoms with van der Waals surface area (Å²) in [6.45, 7) is 3.37. The summed E-state index contributed by atoms with van der Waals surface area (Å²) in [4.78, 5) is 29.8. The number of piperidine rings is 2. The third kappa shape index (κ3) is 3.86. The van der Waals surface area contributed by atoms with E-state index < -0.39 is 0 Å². The van der Waals surface area contributed by atoms with Crippen molar-refractivity contribution in [2.75, 3.05) is 13.2 Å². The molecule has 5 heterocycles. The van der Waals surface area contributed by atoms with Gasteiger partial charge in [-0.3, -0.25) is 9.97 Å².